The van der Waals surface area contributed by atoms with Crippen molar-refractivity contribution in [3.8, 4) is 0 Å². The first-order chi connectivity index (χ1) is 24.6. The molecule has 0 amide bonds. The molecular formula is C45H88O5. The van der Waals surface area contributed by atoms with Gasteiger partial charge in [0.15, 0.2) is 6.10 Å². The van der Waals surface area contributed by atoms with E-state index in [0.29, 0.717) is 26.1 Å². The fourth-order valence-electron chi connectivity index (χ4n) is 6.75. The van der Waals surface area contributed by atoms with E-state index in [1.54, 1.807) is 0 Å². The van der Waals surface area contributed by atoms with Gasteiger partial charge in [0.25, 0.3) is 0 Å². The minimum absolute atomic E-state index is 0.0965. The van der Waals surface area contributed by atoms with Crippen molar-refractivity contribution < 1.29 is 23.8 Å². The Labute approximate surface area is 312 Å². The second kappa shape index (κ2) is 42.3. The van der Waals surface area contributed by atoms with Gasteiger partial charge in [0.05, 0.1) is 6.61 Å². The molecule has 1 atom stereocenters. The van der Waals surface area contributed by atoms with E-state index in [1.165, 1.54) is 186 Å². The highest BCUT2D eigenvalue weighted by Gasteiger charge is 2.17. The lowest BCUT2D eigenvalue weighted by Gasteiger charge is -2.18. The van der Waals surface area contributed by atoms with Gasteiger partial charge in [-0.1, -0.05) is 220 Å². The van der Waals surface area contributed by atoms with Crippen molar-refractivity contribution >= 4 is 11.9 Å². The normalized spacial score (nSPS) is 12.0. The molecule has 5 nitrogen and oxygen atoms in total. The van der Waals surface area contributed by atoms with Gasteiger partial charge in [-0.05, 0) is 19.3 Å². The van der Waals surface area contributed by atoms with E-state index < -0.39 is 6.10 Å². The molecule has 0 aliphatic carbocycles. The van der Waals surface area contributed by atoms with E-state index in [-0.39, 0.29) is 18.5 Å². The SMILES string of the molecule is CCCCCCCCCCCCCCOCC(COC(=O)CCCCCCCCCCCCC)OC(=O)CCCCCCCCCCCCC. The van der Waals surface area contributed by atoms with Gasteiger partial charge in [-0.15, -0.1) is 0 Å². The zero-order chi connectivity index (χ0) is 36.4. The van der Waals surface area contributed by atoms with E-state index >= 15 is 0 Å². The van der Waals surface area contributed by atoms with E-state index in [2.05, 4.69) is 20.8 Å². The molecule has 0 rings (SSSR count). The van der Waals surface area contributed by atoms with Crippen LogP contribution in [0.5, 0.6) is 0 Å². The zero-order valence-electron chi connectivity index (χ0n) is 34.2. The molecule has 298 valence electrons. The Balaban J connectivity index is 4.19. The van der Waals surface area contributed by atoms with E-state index in [1.807, 2.05) is 0 Å². The maximum Gasteiger partial charge on any atom is 0.306 e. The first kappa shape index (κ1) is 48.9. The predicted molar refractivity (Wildman–Crippen MR) is 215 cm³/mol. The van der Waals surface area contributed by atoms with Crippen LogP contribution in [0.2, 0.25) is 0 Å². The third-order valence-corrected chi connectivity index (χ3v) is 10.1. The summed E-state index contributed by atoms with van der Waals surface area (Å²) < 4.78 is 17.3. The molecule has 0 N–H and O–H groups in total. The summed E-state index contributed by atoms with van der Waals surface area (Å²) in [6, 6.07) is 0. The number of hydrogen-bond donors (Lipinski definition) is 0. The Morgan fingerprint density at radius 1 is 0.360 bits per heavy atom. The summed E-state index contributed by atoms with van der Waals surface area (Å²) in [5.41, 5.74) is 0. The van der Waals surface area contributed by atoms with Gasteiger partial charge in [-0.25, -0.2) is 0 Å². The quantitative estimate of drug-likeness (QED) is 0.0466. The lowest BCUT2D eigenvalue weighted by atomic mass is 10.1. The van der Waals surface area contributed by atoms with Crippen LogP contribution in [0.3, 0.4) is 0 Å². The number of carbonyl (C=O) groups excluding carboxylic acids is 2. The number of esters is 2. The smallest absolute Gasteiger partial charge is 0.306 e. The molecule has 0 heterocycles. The van der Waals surface area contributed by atoms with Crippen molar-refractivity contribution in [2.75, 3.05) is 19.8 Å². The summed E-state index contributed by atoms with van der Waals surface area (Å²) in [7, 11) is 0. The molecule has 5 heteroatoms. The van der Waals surface area contributed by atoms with Gasteiger partial charge in [0.1, 0.15) is 6.61 Å². The highest BCUT2D eigenvalue weighted by molar-refractivity contribution is 5.70. The minimum atomic E-state index is -0.520. The van der Waals surface area contributed by atoms with Gasteiger partial charge in [-0.3, -0.25) is 9.59 Å². The Morgan fingerprint density at radius 2 is 0.660 bits per heavy atom. The molecule has 1 unspecified atom stereocenters. The lowest BCUT2D eigenvalue weighted by molar-refractivity contribution is -0.163. The molecule has 0 aromatic carbocycles. The average molecular weight is 709 g/mol. The second-order valence-electron chi connectivity index (χ2n) is 15.3. The van der Waals surface area contributed by atoms with Crippen molar-refractivity contribution in [3.63, 3.8) is 0 Å². The third-order valence-electron chi connectivity index (χ3n) is 10.1. The van der Waals surface area contributed by atoms with Crippen molar-refractivity contribution in [1.29, 1.82) is 0 Å². The Morgan fingerprint density at radius 3 is 1.02 bits per heavy atom. The predicted octanol–water partition coefficient (Wildman–Crippen LogP) is 14.6. The van der Waals surface area contributed by atoms with E-state index in [0.717, 1.165) is 32.1 Å². The van der Waals surface area contributed by atoms with Crippen LogP contribution < -0.4 is 0 Å². The number of unbranched alkanes of at least 4 members (excludes halogenated alkanes) is 31. The maximum atomic E-state index is 12.7. The summed E-state index contributed by atoms with van der Waals surface area (Å²) in [6.45, 7) is 7.86. The van der Waals surface area contributed by atoms with Crippen LogP contribution in [0.15, 0.2) is 0 Å². The van der Waals surface area contributed by atoms with E-state index in [4.69, 9.17) is 14.2 Å². The van der Waals surface area contributed by atoms with Crippen LogP contribution >= 0.6 is 0 Å². The summed E-state index contributed by atoms with van der Waals surface area (Å²) in [5, 5.41) is 0. The fraction of sp³-hybridized carbons (Fsp3) is 0.956. The van der Waals surface area contributed by atoms with Crippen LogP contribution in [0.1, 0.15) is 252 Å². The van der Waals surface area contributed by atoms with E-state index in [9.17, 15) is 9.59 Å². The molecule has 0 saturated carbocycles. The average Bonchev–Trinajstić information content (AvgIpc) is 3.11. The molecule has 0 aromatic rings. The van der Waals surface area contributed by atoms with Crippen LogP contribution in [0, 0.1) is 0 Å². The molecule has 0 aromatic heterocycles. The number of carbonyl (C=O) groups is 2. The summed E-state index contributed by atoms with van der Waals surface area (Å²) in [6.07, 6.45) is 43.7. The molecule has 0 saturated heterocycles. The molecule has 0 fully saturated rings. The summed E-state index contributed by atoms with van der Waals surface area (Å²) >= 11 is 0. The molecule has 0 aliphatic heterocycles. The lowest BCUT2D eigenvalue weighted by Crippen LogP contribution is -2.30. The Kier molecular flexibility index (Phi) is 41.4. The molecule has 0 radical (unpaired) electrons. The Hall–Kier alpha value is -1.10. The summed E-state index contributed by atoms with van der Waals surface area (Å²) in [5.74, 6) is -0.380. The fourth-order valence-corrected chi connectivity index (χ4v) is 6.75. The molecule has 0 aliphatic rings. The van der Waals surface area contributed by atoms with Crippen LogP contribution in [0.25, 0.3) is 0 Å². The van der Waals surface area contributed by atoms with Crippen LogP contribution in [-0.2, 0) is 23.8 Å². The van der Waals surface area contributed by atoms with Gasteiger partial charge in [-0.2, -0.15) is 0 Å². The topological polar surface area (TPSA) is 61.8 Å². The minimum Gasteiger partial charge on any atom is -0.462 e. The second-order valence-corrected chi connectivity index (χ2v) is 15.3. The third kappa shape index (κ3) is 39.7. The first-order valence-electron chi connectivity index (χ1n) is 22.6. The van der Waals surface area contributed by atoms with Crippen molar-refractivity contribution in [2.45, 2.75) is 258 Å². The number of ether oxygens (including phenoxy) is 3. The van der Waals surface area contributed by atoms with Crippen LogP contribution in [-0.4, -0.2) is 37.9 Å². The van der Waals surface area contributed by atoms with Crippen molar-refractivity contribution in [1.82, 2.24) is 0 Å². The highest BCUT2D eigenvalue weighted by atomic mass is 16.6. The maximum absolute atomic E-state index is 12.7. The highest BCUT2D eigenvalue weighted by Crippen LogP contribution is 2.15. The van der Waals surface area contributed by atoms with Gasteiger partial charge in [0, 0.05) is 19.4 Å². The van der Waals surface area contributed by atoms with Gasteiger partial charge >= 0.3 is 11.9 Å². The molecule has 0 bridgehead atoms. The number of hydrogen-bond acceptors (Lipinski definition) is 5. The monoisotopic (exact) mass is 709 g/mol. The van der Waals surface area contributed by atoms with Crippen LogP contribution in [0.4, 0.5) is 0 Å². The van der Waals surface area contributed by atoms with Crippen molar-refractivity contribution in [2.24, 2.45) is 0 Å². The standard InChI is InChI=1S/C45H88O5/c1-4-7-10-13-16-19-22-25-28-31-34-37-40-48-41-43(50-45(47)39-36-33-30-27-24-21-18-15-12-9-6-3)42-49-44(46)38-35-32-29-26-23-20-17-14-11-8-5-2/h43H,4-42H2,1-3H3. The zero-order valence-corrected chi connectivity index (χ0v) is 34.2. The first-order valence-corrected chi connectivity index (χ1v) is 22.6. The number of rotatable bonds is 42. The van der Waals surface area contributed by atoms with Crippen molar-refractivity contribution in [3.05, 3.63) is 0 Å². The Bertz CT molecular complexity index is 680. The molecule has 0 spiro atoms. The van der Waals surface area contributed by atoms with Gasteiger partial charge in [0.2, 0.25) is 0 Å². The largest absolute Gasteiger partial charge is 0.462 e. The van der Waals surface area contributed by atoms with Gasteiger partial charge < -0.3 is 14.2 Å². The summed E-state index contributed by atoms with van der Waals surface area (Å²) in [4.78, 5) is 25.1. The molecular weight excluding hydrogens is 620 g/mol. The molecule has 50 heavy (non-hydrogen) atoms.